The van der Waals surface area contributed by atoms with Gasteiger partial charge in [0, 0.05) is 24.4 Å². The highest BCUT2D eigenvalue weighted by molar-refractivity contribution is 7.85. The molecule has 0 aliphatic rings. The van der Waals surface area contributed by atoms with E-state index in [-0.39, 0.29) is 25.5 Å². The van der Waals surface area contributed by atoms with Gasteiger partial charge in [0.2, 0.25) is 5.91 Å². The third-order valence-corrected chi connectivity index (χ3v) is 3.39. The van der Waals surface area contributed by atoms with E-state index in [1.54, 1.807) is 0 Å². The van der Waals surface area contributed by atoms with Crippen molar-refractivity contribution >= 4 is 16.0 Å². The summed E-state index contributed by atoms with van der Waals surface area (Å²) in [5, 5.41) is 5.67. The van der Waals surface area contributed by atoms with Crippen molar-refractivity contribution in [2.45, 2.75) is 6.42 Å². The van der Waals surface area contributed by atoms with Crippen LogP contribution < -0.4 is 5.32 Å². The molecule has 0 aromatic heterocycles. The summed E-state index contributed by atoms with van der Waals surface area (Å²) in [6.07, 6.45) is 0.0915. The molecular formula is C13H26N4O8S. The number of hydrogen-bond acceptors (Lipinski definition) is 8. The Labute approximate surface area is 152 Å². The molecule has 0 atom stereocenters. The van der Waals surface area contributed by atoms with Gasteiger partial charge in [-0.1, -0.05) is 5.11 Å². The van der Waals surface area contributed by atoms with Crippen LogP contribution in [0.4, 0.5) is 0 Å². The standard InChI is InChI=1S/C13H26N4O8S/c14-17-16-2-5-23-7-9-25-11-10-24-8-6-22-4-1-13(18)15-3-12-26(19,20)21/h1-12H2,(H,15,18)(H,19,20,21). The van der Waals surface area contributed by atoms with Crippen molar-refractivity contribution in [3.63, 3.8) is 0 Å². The van der Waals surface area contributed by atoms with Gasteiger partial charge in [0.1, 0.15) is 0 Å². The molecule has 12 nitrogen and oxygen atoms in total. The minimum absolute atomic E-state index is 0.0915. The van der Waals surface area contributed by atoms with Crippen molar-refractivity contribution in [1.29, 1.82) is 0 Å². The number of carbonyl (C=O) groups is 1. The summed E-state index contributed by atoms with van der Waals surface area (Å²) in [6, 6.07) is 0. The monoisotopic (exact) mass is 398 g/mol. The molecule has 0 radical (unpaired) electrons. The van der Waals surface area contributed by atoms with E-state index in [1.807, 2.05) is 0 Å². The van der Waals surface area contributed by atoms with Crippen LogP contribution in [-0.2, 0) is 33.9 Å². The molecule has 0 aromatic carbocycles. The predicted octanol–water partition coefficient (Wildman–Crippen LogP) is -0.243. The van der Waals surface area contributed by atoms with Crippen LogP contribution in [-0.4, -0.2) is 90.6 Å². The first-order chi connectivity index (χ1) is 12.5. The number of azide groups is 1. The van der Waals surface area contributed by atoms with E-state index in [1.165, 1.54) is 0 Å². The third kappa shape index (κ3) is 20.6. The smallest absolute Gasteiger partial charge is 0.266 e. The molecule has 1 amide bonds. The second-order valence-electron chi connectivity index (χ2n) is 4.79. The van der Waals surface area contributed by atoms with Gasteiger partial charge in [0.05, 0.1) is 58.6 Å². The van der Waals surface area contributed by atoms with Crippen molar-refractivity contribution < 1.29 is 36.7 Å². The molecule has 0 saturated heterocycles. The first kappa shape index (κ1) is 24.5. The zero-order valence-corrected chi connectivity index (χ0v) is 15.4. The van der Waals surface area contributed by atoms with Crippen molar-refractivity contribution in [2.24, 2.45) is 5.11 Å². The second kappa shape index (κ2) is 17.0. The summed E-state index contributed by atoms with van der Waals surface area (Å²) in [4.78, 5) is 13.9. The van der Waals surface area contributed by atoms with Crippen LogP contribution in [0.1, 0.15) is 6.42 Å². The second-order valence-corrected chi connectivity index (χ2v) is 6.36. The number of hydrogen-bond donors (Lipinski definition) is 2. The minimum Gasteiger partial charge on any atom is -0.379 e. The number of carbonyl (C=O) groups excluding carboxylic acids is 1. The lowest BCUT2D eigenvalue weighted by atomic mass is 10.4. The summed E-state index contributed by atoms with van der Waals surface area (Å²) in [6.45, 7) is 3.03. The van der Waals surface area contributed by atoms with Gasteiger partial charge in [0.15, 0.2) is 0 Å². The molecule has 13 heteroatoms. The van der Waals surface area contributed by atoms with Crippen LogP contribution in [0.2, 0.25) is 0 Å². The molecule has 0 aromatic rings. The molecule has 152 valence electrons. The Morgan fingerprint density at radius 2 is 1.46 bits per heavy atom. The third-order valence-electron chi connectivity index (χ3n) is 2.67. The summed E-state index contributed by atoms with van der Waals surface area (Å²) in [7, 11) is -4.07. The highest BCUT2D eigenvalue weighted by Gasteiger charge is 2.06. The maximum absolute atomic E-state index is 11.3. The Kier molecular flexibility index (Phi) is 16.0. The lowest BCUT2D eigenvalue weighted by Crippen LogP contribution is -2.29. The number of rotatable bonds is 18. The van der Waals surface area contributed by atoms with Gasteiger partial charge >= 0.3 is 0 Å². The van der Waals surface area contributed by atoms with Crippen molar-refractivity contribution in [3.8, 4) is 0 Å². The zero-order valence-electron chi connectivity index (χ0n) is 14.5. The number of ether oxygens (including phenoxy) is 4. The lowest BCUT2D eigenvalue weighted by molar-refractivity contribution is -0.122. The molecule has 0 aliphatic heterocycles. The van der Waals surface area contributed by atoms with Crippen LogP contribution in [0.25, 0.3) is 10.4 Å². The molecule has 0 fully saturated rings. The Balaban J connectivity index is 3.21. The molecule has 0 unspecified atom stereocenters. The van der Waals surface area contributed by atoms with Crippen LogP contribution in [0.3, 0.4) is 0 Å². The van der Waals surface area contributed by atoms with Gasteiger partial charge in [-0.05, 0) is 5.53 Å². The summed E-state index contributed by atoms with van der Waals surface area (Å²) >= 11 is 0. The Morgan fingerprint density at radius 1 is 0.962 bits per heavy atom. The number of nitrogens with zero attached hydrogens (tertiary/aromatic N) is 3. The Bertz CT molecular complexity index is 510. The van der Waals surface area contributed by atoms with E-state index in [4.69, 9.17) is 29.0 Å². The molecule has 0 spiro atoms. The molecule has 0 saturated carbocycles. The molecule has 2 N–H and O–H groups in total. The van der Waals surface area contributed by atoms with Gasteiger partial charge in [-0.3, -0.25) is 9.35 Å². The minimum atomic E-state index is -4.07. The normalized spacial score (nSPS) is 11.1. The van der Waals surface area contributed by atoms with Gasteiger partial charge in [-0.25, -0.2) is 0 Å². The molecule has 0 aliphatic carbocycles. The summed E-state index contributed by atoms with van der Waals surface area (Å²) in [5.41, 5.74) is 8.05. The van der Waals surface area contributed by atoms with Gasteiger partial charge in [0.25, 0.3) is 10.1 Å². The predicted molar refractivity (Wildman–Crippen MR) is 91.3 cm³/mol. The SMILES string of the molecule is [N-]=[N+]=NCCOCCOCCOCCOCCC(=O)NCCS(=O)(=O)O. The number of amides is 1. The maximum Gasteiger partial charge on any atom is 0.266 e. The largest absolute Gasteiger partial charge is 0.379 e. The topological polar surface area (TPSA) is 169 Å². The first-order valence-electron chi connectivity index (χ1n) is 7.99. The Hall–Kier alpha value is -1.47. The fourth-order valence-electron chi connectivity index (χ4n) is 1.48. The molecule has 0 heterocycles. The molecule has 0 rings (SSSR count). The average Bonchev–Trinajstić information content (AvgIpc) is 2.57. The molecule has 26 heavy (non-hydrogen) atoms. The van der Waals surface area contributed by atoms with Crippen LogP contribution in [0.5, 0.6) is 0 Å². The summed E-state index contributed by atoms with van der Waals surface area (Å²) in [5.74, 6) is -0.873. The molecule has 0 bridgehead atoms. The fraction of sp³-hybridized carbons (Fsp3) is 0.923. The zero-order chi connectivity index (χ0) is 19.5. The van der Waals surface area contributed by atoms with E-state index in [0.717, 1.165) is 0 Å². The van der Waals surface area contributed by atoms with Crippen molar-refractivity contribution in [1.82, 2.24) is 5.32 Å². The lowest BCUT2D eigenvalue weighted by Gasteiger charge is -2.07. The first-order valence-corrected chi connectivity index (χ1v) is 9.60. The summed E-state index contributed by atoms with van der Waals surface area (Å²) < 4.78 is 50.3. The average molecular weight is 398 g/mol. The van der Waals surface area contributed by atoms with E-state index in [2.05, 4.69) is 15.3 Å². The highest BCUT2D eigenvalue weighted by atomic mass is 32.2. The Morgan fingerprint density at radius 3 is 1.96 bits per heavy atom. The van der Waals surface area contributed by atoms with E-state index >= 15 is 0 Å². The van der Waals surface area contributed by atoms with Gasteiger partial charge in [-0.15, -0.1) is 0 Å². The van der Waals surface area contributed by atoms with Crippen LogP contribution in [0, 0.1) is 0 Å². The molecular weight excluding hydrogens is 372 g/mol. The van der Waals surface area contributed by atoms with Crippen molar-refractivity contribution in [2.75, 3.05) is 71.7 Å². The van der Waals surface area contributed by atoms with Crippen LogP contribution in [0.15, 0.2) is 5.11 Å². The van der Waals surface area contributed by atoms with E-state index in [0.29, 0.717) is 52.8 Å². The fourth-order valence-corrected chi connectivity index (χ4v) is 1.84. The maximum atomic E-state index is 11.3. The van der Waals surface area contributed by atoms with Gasteiger partial charge < -0.3 is 24.3 Å². The van der Waals surface area contributed by atoms with Crippen molar-refractivity contribution in [3.05, 3.63) is 10.4 Å². The van der Waals surface area contributed by atoms with E-state index in [9.17, 15) is 13.2 Å². The quantitative estimate of drug-likeness (QED) is 0.105. The van der Waals surface area contributed by atoms with E-state index < -0.39 is 15.9 Å². The van der Waals surface area contributed by atoms with Crippen LogP contribution >= 0.6 is 0 Å². The highest BCUT2D eigenvalue weighted by Crippen LogP contribution is 1.87. The van der Waals surface area contributed by atoms with Gasteiger partial charge in [-0.2, -0.15) is 8.42 Å². The number of nitrogens with one attached hydrogen (secondary N) is 1.